The highest BCUT2D eigenvalue weighted by atomic mass is 16.5. The summed E-state index contributed by atoms with van der Waals surface area (Å²) in [6, 6.07) is 5.95. The van der Waals surface area contributed by atoms with Crippen molar-refractivity contribution in [3.8, 4) is 0 Å². The maximum absolute atomic E-state index is 12.5. The first kappa shape index (κ1) is 15.5. The Balaban J connectivity index is 2.09. The third-order valence-electron chi connectivity index (χ3n) is 3.34. The quantitative estimate of drug-likeness (QED) is 0.904. The molecule has 6 heteroatoms. The van der Waals surface area contributed by atoms with Crippen LogP contribution >= 0.6 is 0 Å². The number of carboxylic acids is 1. The molecule has 1 aliphatic rings. The molecular formula is C15H19NO5. The minimum absolute atomic E-state index is 0.0545. The van der Waals surface area contributed by atoms with Gasteiger partial charge in [-0.2, -0.15) is 0 Å². The number of methoxy groups -OCH3 is 1. The molecule has 1 saturated heterocycles. The van der Waals surface area contributed by atoms with Crippen molar-refractivity contribution in [2.75, 3.05) is 26.8 Å². The van der Waals surface area contributed by atoms with Crippen LogP contribution < -0.4 is 0 Å². The summed E-state index contributed by atoms with van der Waals surface area (Å²) in [5, 5.41) is 8.87. The third-order valence-corrected chi connectivity index (χ3v) is 3.34. The summed E-state index contributed by atoms with van der Waals surface area (Å²) in [5.74, 6) is -1.13. The van der Waals surface area contributed by atoms with Gasteiger partial charge in [0.15, 0.2) is 0 Å². The topological polar surface area (TPSA) is 76.1 Å². The van der Waals surface area contributed by atoms with Crippen molar-refractivity contribution in [2.24, 2.45) is 0 Å². The summed E-state index contributed by atoms with van der Waals surface area (Å²) in [5.41, 5.74) is 0.643. The Kier molecular flexibility index (Phi) is 4.93. The molecule has 2 atom stereocenters. The summed E-state index contributed by atoms with van der Waals surface area (Å²) in [7, 11) is 1.60. The predicted octanol–water partition coefficient (Wildman–Crippen LogP) is 1.26. The molecule has 1 heterocycles. The molecular weight excluding hydrogens is 274 g/mol. The number of amides is 1. The fourth-order valence-electron chi connectivity index (χ4n) is 2.43. The molecule has 1 aliphatic heterocycles. The van der Waals surface area contributed by atoms with Crippen molar-refractivity contribution < 1.29 is 24.2 Å². The van der Waals surface area contributed by atoms with E-state index in [4.69, 9.17) is 14.6 Å². The normalized spacial score (nSPS) is 22.1. The first-order valence-electron chi connectivity index (χ1n) is 6.78. The first-order valence-corrected chi connectivity index (χ1v) is 6.78. The van der Waals surface area contributed by atoms with Gasteiger partial charge < -0.3 is 19.5 Å². The highest BCUT2D eigenvalue weighted by Crippen LogP contribution is 2.15. The van der Waals surface area contributed by atoms with Crippen molar-refractivity contribution in [1.82, 2.24) is 4.90 Å². The second kappa shape index (κ2) is 6.69. The van der Waals surface area contributed by atoms with Gasteiger partial charge in [0.05, 0.1) is 24.4 Å². The molecule has 0 aromatic heterocycles. The Morgan fingerprint density at radius 3 is 2.48 bits per heavy atom. The Bertz CT molecular complexity index is 513. The van der Waals surface area contributed by atoms with Crippen LogP contribution in [0.2, 0.25) is 0 Å². The van der Waals surface area contributed by atoms with E-state index in [2.05, 4.69) is 0 Å². The molecule has 1 aromatic carbocycles. The average Bonchev–Trinajstić information content (AvgIpc) is 2.46. The zero-order valence-corrected chi connectivity index (χ0v) is 12.1. The first-order chi connectivity index (χ1) is 10.0. The van der Waals surface area contributed by atoms with Gasteiger partial charge in [-0.1, -0.05) is 0 Å². The smallest absolute Gasteiger partial charge is 0.335 e. The SMILES string of the molecule is COCC1CN(C(=O)c2ccc(C(=O)O)cc2)CC(C)O1. The molecule has 0 radical (unpaired) electrons. The van der Waals surface area contributed by atoms with E-state index in [0.29, 0.717) is 25.3 Å². The molecule has 2 unspecified atom stereocenters. The van der Waals surface area contributed by atoms with Gasteiger partial charge in [0.2, 0.25) is 0 Å². The molecule has 21 heavy (non-hydrogen) atoms. The van der Waals surface area contributed by atoms with Crippen molar-refractivity contribution in [3.05, 3.63) is 35.4 Å². The van der Waals surface area contributed by atoms with E-state index in [9.17, 15) is 9.59 Å². The van der Waals surface area contributed by atoms with Gasteiger partial charge in [0.1, 0.15) is 0 Å². The van der Waals surface area contributed by atoms with E-state index < -0.39 is 5.97 Å². The van der Waals surface area contributed by atoms with Crippen molar-refractivity contribution in [1.29, 1.82) is 0 Å². The minimum atomic E-state index is -1.01. The predicted molar refractivity (Wildman–Crippen MR) is 75.5 cm³/mol. The van der Waals surface area contributed by atoms with Gasteiger partial charge in [0.25, 0.3) is 5.91 Å². The lowest BCUT2D eigenvalue weighted by atomic mass is 10.1. The Hall–Kier alpha value is -1.92. The van der Waals surface area contributed by atoms with E-state index in [0.717, 1.165) is 0 Å². The van der Waals surface area contributed by atoms with Gasteiger partial charge in [-0.15, -0.1) is 0 Å². The maximum atomic E-state index is 12.5. The Morgan fingerprint density at radius 2 is 1.90 bits per heavy atom. The minimum Gasteiger partial charge on any atom is -0.478 e. The van der Waals surface area contributed by atoms with Crippen LogP contribution in [0.3, 0.4) is 0 Å². The number of morpholine rings is 1. The van der Waals surface area contributed by atoms with Crippen LogP contribution in [0.4, 0.5) is 0 Å². The molecule has 1 amide bonds. The number of nitrogens with zero attached hydrogens (tertiary/aromatic N) is 1. The largest absolute Gasteiger partial charge is 0.478 e. The fourth-order valence-corrected chi connectivity index (χ4v) is 2.43. The number of rotatable bonds is 4. The molecule has 0 spiro atoms. The zero-order chi connectivity index (χ0) is 15.4. The number of hydrogen-bond donors (Lipinski definition) is 1. The van der Waals surface area contributed by atoms with Crippen LogP contribution in [0.15, 0.2) is 24.3 Å². The van der Waals surface area contributed by atoms with Crippen molar-refractivity contribution in [3.63, 3.8) is 0 Å². The van der Waals surface area contributed by atoms with Gasteiger partial charge in [-0.25, -0.2) is 4.79 Å². The number of carboxylic acid groups (broad SMARTS) is 1. The fraction of sp³-hybridized carbons (Fsp3) is 0.467. The maximum Gasteiger partial charge on any atom is 0.335 e. The lowest BCUT2D eigenvalue weighted by molar-refractivity contribution is -0.0918. The molecule has 1 N–H and O–H groups in total. The van der Waals surface area contributed by atoms with Gasteiger partial charge in [-0.3, -0.25) is 4.79 Å². The highest BCUT2D eigenvalue weighted by Gasteiger charge is 2.28. The molecule has 1 aromatic rings. The molecule has 2 rings (SSSR count). The van der Waals surface area contributed by atoms with E-state index in [1.165, 1.54) is 24.3 Å². The van der Waals surface area contributed by atoms with E-state index in [1.807, 2.05) is 6.92 Å². The third kappa shape index (κ3) is 3.80. The average molecular weight is 293 g/mol. The summed E-state index contributed by atoms with van der Waals surface area (Å²) in [6.45, 7) is 3.33. The Labute approximate surface area is 123 Å². The molecule has 1 fully saturated rings. The van der Waals surface area contributed by atoms with Crippen LogP contribution in [0.25, 0.3) is 0 Å². The van der Waals surface area contributed by atoms with Crippen LogP contribution in [-0.2, 0) is 9.47 Å². The molecule has 114 valence electrons. The number of carbonyl (C=O) groups excluding carboxylic acids is 1. The zero-order valence-electron chi connectivity index (χ0n) is 12.1. The molecule has 0 saturated carbocycles. The lowest BCUT2D eigenvalue weighted by Gasteiger charge is -2.36. The monoisotopic (exact) mass is 293 g/mol. The molecule has 6 nitrogen and oxygen atoms in total. The van der Waals surface area contributed by atoms with E-state index in [1.54, 1.807) is 12.0 Å². The van der Waals surface area contributed by atoms with Crippen molar-refractivity contribution >= 4 is 11.9 Å². The van der Waals surface area contributed by atoms with Gasteiger partial charge in [-0.05, 0) is 31.2 Å². The van der Waals surface area contributed by atoms with Crippen LogP contribution in [0.1, 0.15) is 27.6 Å². The second-order valence-corrected chi connectivity index (χ2v) is 5.12. The van der Waals surface area contributed by atoms with E-state index >= 15 is 0 Å². The number of ether oxygens (including phenoxy) is 2. The second-order valence-electron chi connectivity index (χ2n) is 5.12. The Morgan fingerprint density at radius 1 is 1.29 bits per heavy atom. The van der Waals surface area contributed by atoms with Crippen molar-refractivity contribution in [2.45, 2.75) is 19.1 Å². The number of hydrogen-bond acceptors (Lipinski definition) is 4. The lowest BCUT2D eigenvalue weighted by Crippen LogP contribution is -2.50. The summed E-state index contributed by atoms with van der Waals surface area (Å²) in [6.07, 6.45) is -0.192. The molecule has 0 aliphatic carbocycles. The summed E-state index contributed by atoms with van der Waals surface area (Å²) >= 11 is 0. The standard InChI is InChI=1S/C15H19NO5/c1-10-7-16(8-13(21-10)9-20-2)14(17)11-3-5-12(6-4-11)15(18)19/h3-6,10,13H,7-9H2,1-2H3,(H,18,19). The van der Waals surface area contributed by atoms with Gasteiger partial charge in [0, 0.05) is 25.8 Å². The number of aromatic carboxylic acids is 1. The number of benzene rings is 1. The van der Waals surface area contributed by atoms with Crippen LogP contribution in [0.5, 0.6) is 0 Å². The summed E-state index contributed by atoms with van der Waals surface area (Å²) in [4.78, 5) is 25.0. The number of carbonyl (C=O) groups is 2. The van der Waals surface area contributed by atoms with Crippen LogP contribution in [0, 0.1) is 0 Å². The summed E-state index contributed by atoms with van der Waals surface area (Å²) < 4.78 is 10.8. The highest BCUT2D eigenvalue weighted by molar-refractivity contribution is 5.96. The molecule has 0 bridgehead atoms. The van der Waals surface area contributed by atoms with E-state index in [-0.39, 0.29) is 23.7 Å². The van der Waals surface area contributed by atoms with Gasteiger partial charge >= 0.3 is 5.97 Å². The van der Waals surface area contributed by atoms with Crippen LogP contribution in [-0.4, -0.2) is 60.9 Å².